The van der Waals surface area contributed by atoms with Crippen molar-refractivity contribution in [1.29, 1.82) is 0 Å². The molecule has 0 bridgehead atoms. The lowest BCUT2D eigenvalue weighted by molar-refractivity contribution is -0.118. The van der Waals surface area contributed by atoms with Crippen molar-refractivity contribution in [2.24, 2.45) is 5.73 Å². The Morgan fingerprint density at radius 1 is 1.37 bits per heavy atom. The quantitative estimate of drug-likeness (QED) is 0.465. The van der Waals surface area contributed by atoms with Gasteiger partial charge in [-0.05, 0) is 30.5 Å². The molecule has 0 saturated heterocycles. The Morgan fingerprint density at radius 3 is 2.89 bits per heavy atom. The lowest BCUT2D eigenvalue weighted by Gasteiger charge is -2.19. The third kappa shape index (κ3) is 3.37. The molecule has 0 aliphatic carbocycles. The Kier molecular flexibility index (Phi) is 3.89. The van der Waals surface area contributed by atoms with Crippen molar-refractivity contribution in [1.82, 2.24) is 0 Å². The lowest BCUT2D eigenvalue weighted by Crippen LogP contribution is -2.19. The third-order valence-electron chi connectivity index (χ3n) is 3.09. The number of benzene rings is 1. The van der Waals surface area contributed by atoms with Crippen molar-refractivity contribution in [2.75, 3.05) is 22.9 Å². The fourth-order valence-corrected chi connectivity index (χ4v) is 2.08. The van der Waals surface area contributed by atoms with Crippen LogP contribution >= 0.6 is 0 Å². The van der Waals surface area contributed by atoms with Crippen LogP contribution in [0.2, 0.25) is 0 Å². The molecule has 1 aliphatic heterocycles. The van der Waals surface area contributed by atoms with Crippen molar-refractivity contribution in [3.8, 4) is 0 Å². The number of aryl methyl sites for hydroxylation is 1. The van der Waals surface area contributed by atoms with Crippen molar-refractivity contribution in [3.63, 3.8) is 0 Å². The van der Waals surface area contributed by atoms with Gasteiger partial charge in [-0.1, -0.05) is 0 Å². The van der Waals surface area contributed by atoms with Crippen LogP contribution in [0.1, 0.15) is 24.8 Å². The molecule has 2 rings (SSSR count). The molecule has 1 aliphatic rings. The summed E-state index contributed by atoms with van der Waals surface area (Å²) in [6, 6.07) is 3.72. The number of anilines is 3. The fraction of sp³-hybridized carbons (Fsp3) is 0.385. The highest BCUT2D eigenvalue weighted by molar-refractivity contribution is 5.95. The summed E-state index contributed by atoms with van der Waals surface area (Å²) in [5.74, 6) is -0.281. The minimum atomic E-state index is -0.303. The summed E-state index contributed by atoms with van der Waals surface area (Å²) in [6.07, 6.45) is 2.24. The maximum Gasteiger partial charge on any atom is 0.224 e. The topological polar surface area (TPSA) is 110 Å². The summed E-state index contributed by atoms with van der Waals surface area (Å²) in [6.45, 7) is 0.637. The van der Waals surface area contributed by atoms with Crippen LogP contribution in [0.15, 0.2) is 12.1 Å². The fourth-order valence-electron chi connectivity index (χ4n) is 2.08. The van der Waals surface area contributed by atoms with Gasteiger partial charge in [0, 0.05) is 25.1 Å². The van der Waals surface area contributed by atoms with E-state index in [0.717, 1.165) is 23.4 Å². The molecular weight excluding hydrogens is 244 g/mol. The molecule has 19 heavy (non-hydrogen) atoms. The van der Waals surface area contributed by atoms with Gasteiger partial charge in [0.1, 0.15) is 0 Å². The Balaban J connectivity index is 2.01. The maximum absolute atomic E-state index is 11.3. The van der Waals surface area contributed by atoms with Crippen molar-refractivity contribution >= 4 is 28.9 Å². The largest absolute Gasteiger partial charge is 0.397 e. The predicted octanol–water partition coefficient (Wildman–Crippen LogP) is 0.831. The van der Waals surface area contributed by atoms with Crippen LogP contribution in [0.25, 0.3) is 0 Å². The molecule has 0 unspecified atom stereocenters. The van der Waals surface area contributed by atoms with Crippen molar-refractivity contribution < 1.29 is 9.59 Å². The summed E-state index contributed by atoms with van der Waals surface area (Å²) in [5, 5.41) is 5.99. The highest BCUT2D eigenvalue weighted by atomic mass is 16.1. The second-order valence-corrected chi connectivity index (χ2v) is 4.64. The average molecular weight is 262 g/mol. The number of rotatable bonds is 5. The SMILES string of the molecule is NC(=O)CCCNc1cc2c(cc1N)NC(=O)CC2. The van der Waals surface area contributed by atoms with Gasteiger partial charge in [-0.25, -0.2) is 0 Å². The molecule has 0 atom stereocenters. The van der Waals surface area contributed by atoms with E-state index in [0.29, 0.717) is 31.5 Å². The third-order valence-corrected chi connectivity index (χ3v) is 3.09. The molecule has 2 amide bonds. The monoisotopic (exact) mass is 262 g/mol. The molecular formula is C13H18N4O2. The van der Waals surface area contributed by atoms with E-state index in [1.54, 1.807) is 6.07 Å². The summed E-state index contributed by atoms with van der Waals surface area (Å²) >= 11 is 0. The molecule has 0 spiro atoms. The standard InChI is InChI=1S/C13H18N4O2/c14-9-7-10-8(3-4-13(19)17-10)6-11(9)16-5-1-2-12(15)18/h6-7,16H,1-5,14H2,(H2,15,18)(H,17,19). The highest BCUT2D eigenvalue weighted by Gasteiger charge is 2.16. The van der Waals surface area contributed by atoms with Crippen LogP contribution in [-0.4, -0.2) is 18.4 Å². The van der Waals surface area contributed by atoms with E-state index >= 15 is 0 Å². The van der Waals surface area contributed by atoms with E-state index in [1.807, 2.05) is 6.07 Å². The molecule has 6 N–H and O–H groups in total. The number of fused-ring (bicyclic) bond motifs is 1. The molecule has 102 valence electrons. The smallest absolute Gasteiger partial charge is 0.224 e. The van der Waals surface area contributed by atoms with E-state index in [2.05, 4.69) is 10.6 Å². The van der Waals surface area contributed by atoms with Gasteiger partial charge >= 0.3 is 0 Å². The molecule has 6 nitrogen and oxygen atoms in total. The average Bonchev–Trinajstić information content (AvgIpc) is 2.34. The van der Waals surface area contributed by atoms with Crippen LogP contribution in [0.5, 0.6) is 0 Å². The van der Waals surface area contributed by atoms with Gasteiger partial charge in [0.05, 0.1) is 11.4 Å². The number of nitrogen functional groups attached to an aromatic ring is 1. The number of hydrogen-bond donors (Lipinski definition) is 4. The maximum atomic E-state index is 11.3. The molecule has 6 heteroatoms. The Labute approximate surface area is 111 Å². The minimum absolute atomic E-state index is 0.0223. The lowest BCUT2D eigenvalue weighted by atomic mass is 10.0. The molecule has 0 radical (unpaired) electrons. The summed E-state index contributed by atoms with van der Waals surface area (Å²) < 4.78 is 0. The van der Waals surface area contributed by atoms with Crippen LogP contribution < -0.4 is 22.1 Å². The summed E-state index contributed by atoms with van der Waals surface area (Å²) in [4.78, 5) is 21.9. The number of carbonyl (C=O) groups is 2. The second kappa shape index (κ2) is 5.60. The first-order valence-electron chi connectivity index (χ1n) is 6.30. The first kappa shape index (κ1) is 13.2. The van der Waals surface area contributed by atoms with Crippen LogP contribution in [0, 0.1) is 0 Å². The Bertz CT molecular complexity index is 514. The summed E-state index contributed by atoms with van der Waals surface area (Å²) in [7, 11) is 0. The van der Waals surface area contributed by atoms with Crippen LogP contribution in [0.4, 0.5) is 17.1 Å². The van der Waals surface area contributed by atoms with Gasteiger partial charge in [0.25, 0.3) is 0 Å². The zero-order valence-corrected chi connectivity index (χ0v) is 10.7. The Hall–Kier alpha value is -2.24. The number of nitrogens with one attached hydrogen (secondary N) is 2. The molecule has 0 fully saturated rings. The normalized spacial score (nSPS) is 13.6. The summed E-state index contributed by atoms with van der Waals surface area (Å²) in [5.41, 5.74) is 14.3. The van der Waals surface area contributed by atoms with Crippen LogP contribution in [0.3, 0.4) is 0 Å². The number of primary amides is 1. The van der Waals surface area contributed by atoms with E-state index in [4.69, 9.17) is 11.5 Å². The van der Waals surface area contributed by atoms with Gasteiger partial charge in [-0.3, -0.25) is 9.59 Å². The van der Waals surface area contributed by atoms with Gasteiger partial charge in [0.2, 0.25) is 11.8 Å². The van der Waals surface area contributed by atoms with E-state index < -0.39 is 0 Å². The molecule has 1 aromatic rings. The minimum Gasteiger partial charge on any atom is -0.397 e. The molecule has 1 heterocycles. The van der Waals surface area contributed by atoms with Crippen molar-refractivity contribution in [2.45, 2.75) is 25.7 Å². The van der Waals surface area contributed by atoms with Crippen molar-refractivity contribution in [3.05, 3.63) is 17.7 Å². The van der Waals surface area contributed by atoms with Gasteiger partial charge < -0.3 is 22.1 Å². The molecule has 0 aromatic heterocycles. The first-order valence-corrected chi connectivity index (χ1v) is 6.30. The van der Waals surface area contributed by atoms with Gasteiger partial charge in [-0.2, -0.15) is 0 Å². The Morgan fingerprint density at radius 2 is 2.16 bits per heavy atom. The first-order chi connectivity index (χ1) is 9.06. The van der Waals surface area contributed by atoms with Gasteiger partial charge in [0.15, 0.2) is 0 Å². The number of hydrogen-bond acceptors (Lipinski definition) is 4. The number of nitrogens with two attached hydrogens (primary N) is 2. The van der Waals surface area contributed by atoms with E-state index in [9.17, 15) is 9.59 Å². The van der Waals surface area contributed by atoms with Gasteiger partial charge in [-0.15, -0.1) is 0 Å². The van der Waals surface area contributed by atoms with E-state index in [-0.39, 0.29) is 11.8 Å². The zero-order chi connectivity index (χ0) is 13.8. The molecule has 0 saturated carbocycles. The predicted molar refractivity (Wildman–Crippen MR) is 74.7 cm³/mol. The second-order valence-electron chi connectivity index (χ2n) is 4.64. The van der Waals surface area contributed by atoms with Crippen LogP contribution in [-0.2, 0) is 16.0 Å². The number of carbonyl (C=O) groups excluding carboxylic acids is 2. The number of amides is 2. The zero-order valence-electron chi connectivity index (χ0n) is 10.7. The highest BCUT2D eigenvalue weighted by Crippen LogP contribution is 2.30. The molecule has 1 aromatic carbocycles. The van der Waals surface area contributed by atoms with E-state index in [1.165, 1.54) is 0 Å².